The van der Waals surface area contributed by atoms with Gasteiger partial charge in [0, 0.05) is 12.6 Å². The molecular weight excluding hydrogens is 262 g/mol. The van der Waals surface area contributed by atoms with Gasteiger partial charge in [0.05, 0.1) is 0 Å². The van der Waals surface area contributed by atoms with Gasteiger partial charge in [-0.2, -0.15) is 0 Å². The fraction of sp³-hybridized carbons (Fsp3) is 0.467. The Morgan fingerprint density at radius 2 is 2.05 bits per heavy atom. The SMILES string of the molecule is C=CCc1ccccc1OC[C@H](O)CNC(C)C.Cl. The predicted octanol–water partition coefficient (Wildman–Crippen LogP) is 2.57. The van der Waals surface area contributed by atoms with Crippen molar-refractivity contribution < 1.29 is 9.84 Å². The van der Waals surface area contributed by atoms with Gasteiger partial charge >= 0.3 is 0 Å². The molecule has 4 heteroatoms. The minimum absolute atomic E-state index is 0. The Balaban J connectivity index is 0.00000324. The predicted molar refractivity (Wildman–Crippen MR) is 82.2 cm³/mol. The number of allylic oxidation sites excluding steroid dienone is 1. The van der Waals surface area contributed by atoms with E-state index < -0.39 is 6.10 Å². The monoisotopic (exact) mass is 285 g/mol. The summed E-state index contributed by atoms with van der Waals surface area (Å²) in [5.74, 6) is 0.820. The molecule has 1 aromatic rings. The lowest BCUT2D eigenvalue weighted by Crippen LogP contribution is -2.35. The van der Waals surface area contributed by atoms with Crippen molar-refractivity contribution in [1.29, 1.82) is 0 Å². The van der Waals surface area contributed by atoms with Gasteiger partial charge in [0.2, 0.25) is 0 Å². The highest BCUT2D eigenvalue weighted by molar-refractivity contribution is 5.85. The number of rotatable bonds is 8. The van der Waals surface area contributed by atoms with Crippen LogP contribution in [0.1, 0.15) is 19.4 Å². The average molecular weight is 286 g/mol. The molecule has 0 saturated carbocycles. The zero-order valence-corrected chi connectivity index (χ0v) is 12.5. The number of nitrogens with one attached hydrogen (secondary N) is 1. The van der Waals surface area contributed by atoms with E-state index in [1.807, 2.05) is 44.2 Å². The maximum atomic E-state index is 9.77. The van der Waals surface area contributed by atoms with Crippen LogP contribution in [0.3, 0.4) is 0 Å². The van der Waals surface area contributed by atoms with Crippen LogP contribution in [-0.4, -0.2) is 30.4 Å². The quantitative estimate of drug-likeness (QED) is 0.722. The molecule has 108 valence electrons. The van der Waals surface area contributed by atoms with Crippen molar-refractivity contribution in [2.45, 2.75) is 32.4 Å². The van der Waals surface area contributed by atoms with Crippen LogP contribution in [0, 0.1) is 0 Å². The highest BCUT2D eigenvalue weighted by Gasteiger charge is 2.07. The summed E-state index contributed by atoms with van der Waals surface area (Å²) in [6.07, 6.45) is 2.12. The second kappa shape index (κ2) is 9.84. The number of aliphatic hydroxyl groups is 1. The number of halogens is 1. The summed E-state index contributed by atoms with van der Waals surface area (Å²) < 4.78 is 5.65. The van der Waals surface area contributed by atoms with Gasteiger partial charge in [0.25, 0.3) is 0 Å². The van der Waals surface area contributed by atoms with Gasteiger partial charge in [-0.3, -0.25) is 0 Å². The molecule has 19 heavy (non-hydrogen) atoms. The van der Waals surface area contributed by atoms with Crippen LogP contribution in [0.15, 0.2) is 36.9 Å². The Bertz CT molecular complexity index is 369. The Morgan fingerprint density at radius 3 is 2.68 bits per heavy atom. The minimum atomic E-state index is -0.496. The molecule has 1 rings (SSSR count). The molecule has 0 aliphatic heterocycles. The van der Waals surface area contributed by atoms with Crippen LogP contribution in [0.4, 0.5) is 0 Å². The van der Waals surface area contributed by atoms with Crippen molar-refractivity contribution in [3.8, 4) is 5.75 Å². The molecule has 0 saturated heterocycles. The molecular formula is C15H24ClNO2. The van der Waals surface area contributed by atoms with E-state index in [-0.39, 0.29) is 12.4 Å². The van der Waals surface area contributed by atoms with Gasteiger partial charge in [-0.05, 0) is 18.1 Å². The third-order valence-electron chi connectivity index (χ3n) is 2.53. The van der Waals surface area contributed by atoms with Gasteiger partial charge in [0.1, 0.15) is 18.5 Å². The third kappa shape index (κ3) is 7.21. The van der Waals surface area contributed by atoms with Crippen molar-refractivity contribution in [2.75, 3.05) is 13.2 Å². The van der Waals surface area contributed by atoms with E-state index in [0.717, 1.165) is 17.7 Å². The molecule has 3 nitrogen and oxygen atoms in total. The Hall–Kier alpha value is -1.03. The third-order valence-corrected chi connectivity index (χ3v) is 2.53. The zero-order chi connectivity index (χ0) is 13.4. The molecule has 0 unspecified atom stereocenters. The number of hydrogen-bond donors (Lipinski definition) is 2. The first-order chi connectivity index (χ1) is 8.63. The molecule has 2 N–H and O–H groups in total. The summed E-state index contributed by atoms with van der Waals surface area (Å²) in [5.41, 5.74) is 1.09. The molecule has 0 spiro atoms. The topological polar surface area (TPSA) is 41.5 Å². The lowest BCUT2D eigenvalue weighted by molar-refractivity contribution is 0.104. The second-order valence-electron chi connectivity index (χ2n) is 4.63. The van der Waals surface area contributed by atoms with Crippen molar-refractivity contribution in [3.63, 3.8) is 0 Å². The van der Waals surface area contributed by atoms with E-state index in [9.17, 15) is 5.11 Å². The van der Waals surface area contributed by atoms with Crippen molar-refractivity contribution >= 4 is 12.4 Å². The van der Waals surface area contributed by atoms with Gasteiger partial charge in [-0.1, -0.05) is 38.1 Å². The molecule has 0 heterocycles. The van der Waals surface area contributed by atoms with Crippen LogP contribution in [0.25, 0.3) is 0 Å². The van der Waals surface area contributed by atoms with Crippen molar-refractivity contribution in [2.24, 2.45) is 0 Å². The molecule has 0 fully saturated rings. The first-order valence-corrected chi connectivity index (χ1v) is 6.36. The van der Waals surface area contributed by atoms with E-state index in [1.165, 1.54) is 0 Å². The summed E-state index contributed by atoms with van der Waals surface area (Å²) in [6, 6.07) is 8.20. The van der Waals surface area contributed by atoms with Crippen molar-refractivity contribution in [3.05, 3.63) is 42.5 Å². The summed E-state index contributed by atoms with van der Waals surface area (Å²) in [5, 5.41) is 12.9. The Labute approximate surface area is 122 Å². The normalized spacial score (nSPS) is 11.8. The van der Waals surface area contributed by atoms with Crippen LogP contribution < -0.4 is 10.1 Å². The van der Waals surface area contributed by atoms with E-state index in [1.54, 1.807) is 0 Å². The number of hydrogen-bond acceptors (Lipinski definition) is 3. The largest absolute Gasteiger partial charge is 0.491 e. The molecule has 0 bridgehead atoms. The molecule has 1 atom stereocenters. The Kier molecular flexibility index (Phi) is 9.31. The van der Waals surface area contributed by atoms with E-state index in [4.69, 9.17) is 4.74 Å². The maximum Gasteiger partial charge on any atom is 0.122 e. The number of aliphatic hydroxyl groups excluding tert-OH is 1. The number of para-hydroxylation sites is 1. The summed E-state index contributed by atoms with van der Waals surface area (Å²) in [7, 11) is 0. The van der Waals surface area contributed by atoms with Gasteiger partial charge in [0.15, 0.2) is 0 Å². The van der Waals surface area contributed by atoms with Crippen LogP contribution in [0.5, 0.6) is 5.75 Å². The zero-order valence-electron chi connectivity index (χ0n) is 11.6. The van der Waals surface area contributed by atoms with Crippen LogP contribution in [0.2, 0.25) is 0 Å². The van der Waals surface area contributed by atoms with Gasteiger partial charge < -0.3 is 15.2 Å². The minimum Gasteiger partial charge on any atom is -0.491 e. The number of ether oxygens (including phenoxy) is 1. The Morgan fingerprint density at radius 1 is 1.37 bits per heavy atom. The molecule has 1 aromatic carbocycles. The summed E-state index contributed by atoms with van der Waals surface area (Å²) >= 11 is 0. The first-order valence-electron chi connectivity index (χ1n) is 6.36. The number of benzene rings is 1. The molecule has 0 aromatic heterocycles. The van der Waals surface area contributed by atoms with E-state index >= 15 is 0 Å². The smallest absolute Gasteiger partial charge is 0.122 e. The van der Waals surface area contributed by atoms with Crippen molar-refractivity contribution in [1.82, 2.24) is 5.32 Å². The highest BCUT2D eigenvalue weighted by Crippen LogP contribution is 2.18. The molecule has 0 aliphatic carbocycles. The first kappa shape index (κ1) is 18.0. The maximum absolute atomic E-state index is 9.77. The summed E-state index contributed by atoms with van der Waals surface area (Å²) in [6.45, 7) is 8.67. The van der Waals surface area contributed by atoms with Gasteiger partial charge in [-0.15, -0.1) is 19.0 Å². The van der Waals surface area contributed by atoms with Crippen LogP contribution >= 0.6 is 12.4 Å². The summed E-state index contributed by atoms with van der Waals surface area (Å²) in [4.78, 5) is 0. The fourth-order valence-electron chi connectivity index (χ4n) is 1.59. The fourth-order valence-corrected chi connectivity index (χ4v) is 1.59. The van der Waals surface area contributed by atoms with Crippen LogP contribution in [-0.2, 0) is 6.42 Å². The lowest BCUT2D eigenvalue weighted by atomic mass is 10.1. The lowest BCUT2D eigenvalue weighted by Gasteiger charge is -2.16. The molecule has 0 aliphatic rings. The average Bonchev–Trinajstić information content (AvgIpc) is 2.35. The second-order valence-corrected chi connectivity index (χ2v) is 4.63. The molecule has 0 radical (unpaired) electrons. The van der Waals surface area contributed by atoms with E-state index in [0.29, 0.717) is 19.2 Å². The van der Waals surface area contributed by atoms with E-state index in [2.05, 4.69) is 11.9 Å². The highest BCUT2D eigenvalue weighted by atomic mass is 35.5. The van der Waals surface area contributed by atoms with Gasteiger partial charge in [-0.25, -0.2) is 0 Å². The molecule has 0 amide bonds. The standard InChI is InChI=1S/C15H23NO2.ClH/c1-4-7-13-8-5-6-9-15(13)18-11-14(17)10-16-12(2)3;/h4-6,8-9,12,14,16-17H,1,7,10-11H2,2-3H3;1H/t14-;/m1./s1.